The van der Waals surface area contributed by atoms with Gasteiger partial charge in [0.1, 0.15) is 5.75 Å². The summed E-state index contributed by atoms with van der Waals surface area (Å²) >= 11 is 1.53. The average Bonchev–Trinajstić information content (AvgIpc) is 2.68. The molecule has 5 nitrogen and oxygen atoms in total. The second-order valence-corrected chi connectivity index (χ2v) is 5.88. The van der Waals surface area contributed by atoms with E-state index in [0.717, 1.165) is 9.75 Å². The first-order valence-electron chi connectivity index (χ1n) is 5.92. The van der Waals surface area contributed by atoms with Crippen LogP contribution in [-0.4, -0.2) is 10.9 Å². The number of ether oxygens (including phenoxy) is 1. The molecular weight excluding hydrogens is 278 g/mol. The lowest BCUT2D eigenvalue weighted by molar-refractivity contribution is -0.385. The molecule has 0 amide bonds. The molecule has 0 spiro atoms. The third-order valence-electron chi connectivity index (χ3n) is 2.84. The normalized spacial score (nSPS) is 10.3. The molecule has 0 aliphatic rings. The minimum Gasteiger partial charge on any atom is -0.423 e. The number of nitro groups is 1. The number of nitro benzene ring substituents is 1. The van der Waals surface area contributed by atoms with E-state index in [-0.39, 0.29) is 5.69 Å². The highest BCUT2D eigenvalue weighted by molar-refractivity contribution is 7.12. The van der Waals surface area contributed by atoms with Gasteiger partial charge in [0, 0.05) is 21.4 Å². The third kappa shape index (κ3) is 2.85. The number of carbonyl (C=O) groups is 1. The Hall–Kier alpha value is -2.21. The predicted octanol–water partition coefficient (Wildman–Crippen LogP) is 3.80. The molecular formula is C14H13NO4S. The van der Waals surface area contributed by atoms with Gasteiger partial charge >= 0.3 is 5.97 Å². The van der Waals surface area contributed by atoms with Gasteiger partial charge in [-0.2, -0.15) is 0 Å². The first-order chi connectivity index (χ1) is 9.38. The number of benzene rings is 1. The maximum atomic E-state index is 12.0. The van der Waals surface area contributed by atoms with Crippen LogP contribution >= 0.6 is 11.3 Å². The Morgan fingerprint density at radius 2 is 1.95 bits per heavy atom. The van der Waals surface area contributed by atoms with Crippen molar-refractivity contribution in [1.29, 1.82) is 0 Å². The lowest BCUT2D eigenvalue weighted by Crippen LogP contribution is -2.08. The first-order valence-corrected chi connectivity index (χ1v) is 6.74. The Kier molecular flexibility index (Phi) is 3.85. The maximum Gasteiger partial charge on any atom is 0.344 e. The second-order valence-electron chi connectivity index (χ2n) is 4.42. The molecule has 2 aromatic rings. The number of thiophene rings is 1. The van der Waals surface area contributed by atoms with Crippen LogP contribution in [0.4, 0.5) is 5.69 Å². The SMILES string of the molecule is Cc1cc(C(=O)Oc2ccc([N+](=O)[O-])c(C)c2)c(C)s1. The van der Waals surface area contributed by atoms with Crippen LogP contribution in [0.2, 0.25) is 0 Å². The predicted molar refractivity (Wildman–Crippen MR) is 76.6 cm³/mol. The Morgan fingerprint density at radius 3 is 2.45 bits per heavy atom. The maximum absolute atomic E-state index is 12.0. The molecule has 0 saturated carbocycles. The number of hydrogen-bond donors (Lipinski definition) is 0. The van der Waals surface area contributed by atoms with Gasteiger partial charge in [-0.05, 0) is 39.0 Å². The fourth-order valence-corrected chi connectivity index (χ4v) is 2.80. The molecule has 104 valence electrons. The van der Waals surface area contributed by atoms with Crippen molar-refractivity contribution in [2.45, 2.75) is 20.8 Å². The molecule has 0 bridgehead atoms. The molecule has 0 fully saturated rings. The van der Waals surface area contributed by atoms with Crippen molar-refractivity contribution in [2.75, 3.05) is 0 Å². The molecule has 6 heteroatoms. The number of aryl methyl sites for hydroxylation is 3. The number of hydrogen-bond acceptors (Lipinski definition) is 5. The minimum absolute atomic E-state index is 0.00681. The fourth-order valence-electron chi connectivity index (χ4n) is 1.89. The van der Waals surface area contributed by atoms with Gasteiger partial charge < -0.3 is 4.74 Å². The molecule has 0 aliphatic carbocycles. The second kappa shape index (κ2) is 5.42. The highest BCUT2D eigenvalue weighted by Gasteiger charge is 2.16. The molecule has 1 aromatic carbocycles. The van der Waals surface area contributed by atoms with Crippen LogP contribution in [0.5, 0.6) is 5.75 Å². The topological polar surface area (TPSA) is 69.4 Å². The molecule has 0 unspecified atom stereocenters. The van der Waals surface area contributed by atoms with E-state index in [0.29, 0.717) is 16.9 Å². The van der Waals surface area contributed by atoms with E-state index in [9.17, 15) is 14.9 Å². The lowest BCUT2D eigenvalue weighted by atomic mass is 10.2. The van der Waals surface area contributed by atoms with Crippen LogP contribution in [0, 0.1) is 30.9 Å². The highest BCUT2D eigenvalue weighted by atomic mass is 32.1. The summed E-state index contributed by atoms with van der Waals surface area (Å²) in [5.74, 6) is -0.138. The third-order valence-corrected chi connectivity index (χ3v) is 3.80. The number of nitrogens with zero attached hydrogens (tertiary/aromatic N) is 1. The van der Waals surface area contributed by atoms with Gasteiger partial charge in [-0.15, -0.1) is 11.3 Å². The summed E-state index contributed by atoms with van der Waals surface area (Å²) in [5, 5.41) is 10.7. The van der Waals surface area contributed by atoms with Gasteiger partial charge in [0.05, 0.1) is 10.5 Å². The number of rotatable bonds is 3. The Labute approximate surface area is 120 Å². The van der Waals surface area contributed by atoms with Crippen LogP contribution < -0.4 is 4.74 Å². The van der Waals surface area contributed by atoms with Crippen molar-refractivity contribution in [2.24, 2.45) is 0 Å². The van der Waals surface area contributed by atoms with Gasteiger partial charge in [-0.25, -0.2) is 4.79 Å². The molecule has 0 N–H and O–H groups in total. The molecule has 0 radical (unpaired) electrons. The van der Waals surface area contributed by atoms with Crippen molar-refractivity contribution in [3.05, 3.63) is 55.3 Å². The van der Waals surface area contributed by atoms with Crippen molar-refractivity contribution in [3.63, 3.8) is 0 Å². The van der Waals surface area contributed by atoms with Crippen LogP contribution in [-0.2, 0) is 0 Å². The first kappa shape index (κ1) is 14.2. The van der Waals surface area contributed by atoms with E-state index >= 15 is 0 Å². The largest absolute Gasteiger partial charge is 0.423 e. The Morgan fingerprint density at radius 1 is 1.25 bits per heavy atom. The van der Waals surface area contributed by atoms with Crippen LogP contribution in [0.3, 0.4) is 0 Å². The molecule has 0 atom stereocenters. The van der Waals surface area contributed by atoms with E-state index in [1.54, 1.807) is 13.0 Å². The van der Waals surface area contributed by atoms with Gasteiger partial charge in [0.25, 0.3) is 5.69 Å². The molecule has 1 heterocycles. The van der Waals surface area contributed by atoms with Gasteiger partial charge in [0.15, 0.2) is 0 Å². The summed E-state index contributed by atoms with van der Waals surface area (Å²) < 4.78 is 5.26. The van der Waals surface area contributed by atoms with Gasteiger partial charge in [-0.3, -0.25) is 10.1 Å². The van der Waals surface area contributed by atoms with Crippen LogP contribution in [0.25, 0.3) is 0 Å². The molecule has 2 rings (SSSR count). The number of esters is 1. The van der Waals surface area contributed by atoms with Gasteiger partial charge in [-0.1, -0.05) is 0 Å². The summed E-state index contributed by atoms with van der Waals surface area (Å²) in [6.07, 6.45) is 0. The van der Waals surface area contributed by atoms with E-state index in [2.05, 4.69) is 0 Å². The zero-order valence-electron chi connectivity index (χ0n) is 11.3. The van der Waals surface area contributed by atoms with E-state index in [4.69, 9.17) is 4.74 Å². The van der Waals surface area contributed by atoms with Crippen molar-refractivity contribution < 1.29 is 14.5 Å². The van der Waals surface area contributed by atoms with Crippen LogP contribution in [0.15, 0.2) is 24.3 Å². The molecule has 1 aromatic heterocycles. The lowest BCUT2D eigenvalue weighted by Gasteiger charge is -2.05. The fraction of sp³-hybridized carbons (Fsp3) is 0.214. The Bertz CT molecular complexity index is 690. The van der Waals surface area contributed by atoms with E-state index in [1.165, 1.54) is 29.5 Å². The summed E-state index contributed by atoms with van der Waals surface area (Å²) in [6.45, 7) is 5.38. The van der Waals surface area contributed by atoms with E-state index in [1.807, 2.05) is 13.8 Å². The summed E-state index contributed by atoms with van der Waals surface area (Å²) in [6, 6.07) is 6.03. The summed E-state index contributed by atoms with van der Waals surface area (Å²) in [5.41, 5.74) is 0.995. The number of carbonyl (C=O) groups excluding carboxylic acids is 1. The van der Waals surface area contributed by atoms with Gasteiger partial charge in [0.2, 0.25) is 0 Å². The summed E-state index contributed by atoms with van der Waals surface area (Å²) in [7, 11) is 0. The molecule has 20 heavy (non-hydrogen) atoms. The zero-order chi connectivity index (χ0) is 14.9. The van der Waals surface area contributed by atoms with E-state index < -0.39 is 10.9 Å². The monoisotopic (exact) mass is 291 g/mol. The van der Waals surface area contributed by atoms with Crippen molar-refractivity contribution >= 4 is 23.0 Å². The molecule has 0 saturated heterocycles. The standard InChI is InChI=1S/C14H13NO4S/c1-8-6-11(4-5-13(8)15(17)18)19-14(16)12-7-9(2)20-10(12)3/h4-7H,1-3H3. The molecule has 0 aliphatic heterocycles. The van der Waals surface area contributed by atoms with Crippen LogP contribution in [0.1, 0.15) is 25.7 Å². The quantitative estimate of drug-likeness (QED) is 0.373. The average molecular weight is 291 g/mol. The minimum atomic E-state index is -0.465. The summed E-state index contributed by atoms with van der Waals surface area (Å²) in [4.78, 5) is 24.2. The smallest absolute Gasteiger partial charge is 0.344 e. The van der Waals surface area contributed by atoms with Crippen molar-refractivity contribution in [3.8, 4) is 5.75 Å². The van der Waals surface area contributed by atoms with Crippen molar-refractivity contribution in [1.82, 2.24) is 0 Å². The Balaban J connectivity index is 2.22. The zero-order valence-corrected chi connectivity index (χ0v) is 12.1. The highest BCUT2D eigenvalue weighted by Crippen LogP contribution is 2.25.